The number of sulfonamides is 1. The molecule has 0 unspecified atom stereocenters. The van der Waals surface area contributed by atoms with E-state index in [0.29, 0.717) is 32.0 Å². The highest BCUT2D eigenvalue weighted by atomic mass is 32.2. The van der Waals surface area contributed by atoms with E-state index in [9.17, 15) is 13.2 Å². The lowest BCUT2D eigenvalue weighted by Crippen LogP contribution is -2.50. The second-order valence-corrected chi connectivity index (χ2v) is 6.75. The van der Waals surface area contributed by atoms with Gasteiger partial charge in [-0.25, -0.2) is 13.4 Å². The normalized spacial score (nSPS) is 17.7. The van der Waals surface area contributed by atoms with E-state index in [2.05, 4.69) is 4.98 Å². The Labute approximate surface area is 113 Å². The van der Waals surface area contributed by atoms with E-state index in [1.165, 1.54) is 15.1 Å². The van der Waals surface area contributed by atoms with Crippen molar-refractivity contribution < 1.29 is 8.42 Å². The highest BCUT2D eigenvalue weighted by Crippen LogP contribution is 2.10. The third kappa shape index (κ3) is 2.98. The number of rotatable bonds is 2. The van der Waals surface area contributed by atoms with E-state index in [0.717, 1.165) is 5.59 Å². The molecule has 2 heterocycles. The Morgan fingerprint density at radius 2 is 1.84 bits per heavy atom. The zero-order chi connectivity index (χ0) is 14.2. The summed E-state index contributed by atoms with van der Waals surface area (Å²) in [7, 11) is 0.362. The summed E-state index contributed by atoms with van der Waals surface area (Å²) in [6, 6.07) is 0. The Bertz CT molecular complexity index is 635. The molecule has 1 aromatic rings. The van der Waals surface area contributed by atoms with E-state index in [-0.39, 0.29) is 5.56 Å². The summed E-state index contributed by atoms with van der Waals surface area (Å²) >= 11 is 0. The molecule has 0 bridgehead atoms. The van der Waals surface area contributed by atoms with Crippen molar-refractivity contribution in [1.82, 2.24) is 13.9 Å². The number of hydrogen-bond donors (Lipinski definition) is 0. The van der Waals surface area contributed by atoms with Gasteiger partial charge in [0.1, 0.15) is 0 Å². The number of aromatic nitrogens is 2. The molecule has 9 heteroatoms. The molecule has 0 atom stereocenters. The van der Waals surface area contributed by atoms with E-state index >= 15 is 0 Å². The average Bonchev–Trinajstić information content (AvgIpc) is 2.33. The van der Waals surface area contributed by atoms with Gasteiger partial charge in [-0.2, -0.15) is 4.31 Å². The fourth-order valence-corrected chi connectivity index (χ4v) is 3.00. The predicted molar refractivity (Wildman–Crippen MR) is 76.3 cm³/mol. The van der Waals surface area contributed by atoms with Crippen LogP contribution in [0.3, 0.4) is 0 Å². The first kappa shape index (κ1) is 14.1. The van der Waals surface area contributed by atoms with Crippen LogP contribution in [0, 0.1) is 0 Å². The maximum Gasteiger partial charge on any atom is 0.293 e. The molecule has 19 heavy (non-hydrogen) atoms. The van der Waals surface area contributed by atoms with Crippen LogP contribution < -0.4 is 16.1 Å². The zero-order valence-corrected chi connectivity index (χ0v) is 12.1. The van der Waals surface area contributed by atoms with Crippen molar-refractivity contribution in [2.45, 2.75) is 0 Å². The summed E-state index contributed by atoms with van der Waals surface area (Å²) in [5.74, 6) is 0.399. The van der Waals surface area contributed by atoms with Crippen molar-refractivity contribution in [2.24, 2.45) is 7.05 Å². The highest BCUT2D eigenvalue weighted by Gasteiger charge is 2.25. The quantitative estimate of drug-likeness (QED) is 0.545. The van der Waals surface area contributed by atoms with Crippen LogP contribution in [0.25, 0.3) is 0 Å². The lowest BCUT2D eigenvalue weighted by Gasteiger charge is -2.33. The van der Waals surface area contributed by atoms with Crippen molar-refractivity contribution in [3.8, 4) is 0 Å². The highest BCUT2D eigenvalue weighted by molar-refractivity contribution is 7.88. The van der Waals surface area contributed by atoms with E-state index < -0.39 is 10.0 Å². The third-order valence-electron chi connectivity index (χ3n) is 3.18. The average molecular weight is 284 g/mol. The fraction of sp³-hybridized carbons (Fsp3) is 0.600. The van der Waals surface area contributed by atoms with Crippen LogP contribution in [0.5, 0.6) is 0 Å². The number of aryl methyl sites for hydroxylation is 1. The van der Waals surface area contributed by atoms with Crippen LogP contribution >= 0.6 is 0 Å². The Morgan fingerprint density at radius 1 is 1.26 bits per heavy atom. The molecule has 7 nitrogen and oxygen atoms in total. The lowest BCUT2D eigenvalue weighted by molar-refractivity contribution is 0.386. The van der Waals surface area contributed by atoms with Crippen LogP contribution in [-0.2, 0) is 17.1 Å². The summed E-state index contributed by atoms with van der Waals surface area (Å²) in [4.78, 5) is 18.1. The Hall–Kier alpha value is -1.35. The molecule has 0 N–H and O–H groups in total. The van der Waals surface area contributed by atoms with Gasteiger partial charge in [0.25, 0.3) is 5.56 Å². The van der Waals surface area contributed by atoms with Gasteiger partial charge >= 0.3 is 0 Å². The molecule has 1 aromatic heterocycles. The predicted octanol–water partition coefficient (Wildman–Crippen LogP) is -2.88. The zero-order valence-electron chi connectivity index (χ0n) is 11.3. The number of hydrogen-bond acceptors (Lipinski definition) is 5. The fourth-order valence-electron chi connectivity index (χ4n) is 2.18. The molecular formula is C10H17BN4O3S. The smallest absolute Gasteiger partial charge is 0.293 e. The summed E-state index contributed by atoms with van der Waals surface area (Å²) in [5, 5.41) is 0. The molecule has 1 aliphatic heterocycles. The lowest BCUT2D eigenvalue weighted by atomic mass is 10.1. The van der Waals surface area contributed by atoms with Crippen LogP contribution in [-0.4, -0.2) is 62.6 Å². The van der Waals surface area contributed by atoms with Gasteiger partial charge in [-0.1, -0.05) is 0 Å². The van der Waals surface area contributed by atoms with Gasteiger partial charge in [0, 0.05) is 45.0 Å². The Kier molecular flexibility index (Phi) is 3.68. The van der Waals surface area contributed by atoms with E-state index in [1.54, 1.807) is 13.2 Å². The molecule has 0 aromatic carbocycles. The number of anilines is 1. The molecule has 2 rings (SSSR count). The van der Waals surface area contributed by atoms with Gasteiger partial charge < -0.3 is 9.47 Å². The molecule has 104 valence electrons. The maximum absolute atomic E-state index is 12.0. The monoisotopic (exact) mass is 284 g/mol. The van der Waals surface area contributed by atoms with Crippen LogP contribution in [0.15, 0.2) is 11.0 Å². The standard InChI is InChI=1S/C10H17BN4O3S/c1-13-7-8(11)12-9(10(13)16)14-3-5-15(6-4-14)19(2,17)18/h7H,3-6,11H2,1-2H3. The molecular weight excluding hydrogens is 267 g/mol. The SMILES string of the molecule is Bc1cn(C)c(=O)c(N2CCN(S(C)(=O)=O)CC2)n1. The molecule has 1 fully saturated rings. The van der Waals surface area contributed by atoms with Crippen molar-refractivity contribution in [2.75, 3.05) is 37.3 Å². The molecule has 0 amide bonds. The van der Waals surface area contributed by atoms with Crippen LogP contribution in [0.1, 0.15) is 0 Å². The van der Waals surface area contributed by atoms with Gasteiger partial charge in [0.05, 0.1) is 6.26 Å². The van der Waals surface area contributed by atoms with Gasteiger partial charge in [0.2, 0.25) is 10.0 Å². The summed E-state index contributed by atoms with van der Waals surface area (Å²) in [6.07, 6.45) is 2.88. The molecule has 1 saturated heterocycles. The minimum Gasteiger partial charge on any atom is -0.349 e. The molecule has 0 radical (unpaired) electrons. The van der Waals surface area contributed by atoms with Crippen molar-refractivity contribution >= 4 is 29.3 Å². The topological polar surface area (TPSA) is 75.5 Å². The molecule has 0 spiro atoms. The molecule has 0 aliphatic carbocycles. The largest absolute Gasteiger partial charge is 0.349 e. The maximum atomic E-state index is 12.0. The third-order valence-corrected chi connectivity index (χ3v) is 4.48. The summed E-state index contributed by atoms with van der Waals surface area (Å²) in [6.45, 7) is 1.74. The van der Waals surface area contributed by atoms with Gasteiger partial charge in [0.15, 0.2) is 13.7 Å². The summed E-state index contributed by atoms with van der Waals surface area (Å²) < 4.78 is 25.8. The minimum atomic E-state index is -3.16. The second kappa shape index (κ2) is 4.97. The number of nitrogens with zero attached hydrogens (tertiary/aromatic N) is 4. The minimum absolute atomic E-state index is 0.154. The van der Waals surface area contributed by atoms with Crippen molar-refractivity contribution in [1.29, 1.82) is 0 Å². The van der Waals surface area contributed by atoms with Gasteiger partial charge in [-0.05, 0) is 0 Å². The van der Waals surface area contributed by atoms with Gasteiger partial charge in [-0.3, -0.25) is 4.79 Å². The summed E-state index contributed by atoms with van der Waals surface area (Å²) in [5.41, 5.74) is 0.612. The Balaban J connectivity index is 2.21. The number of piperazine rings is 1. The Morgan fingerprint density at radius 3 is 2.37 bits per heavy atom. The van der Waals surface area contributed by atoms with Crippen LogP contribution in [0.2, 0.25) is 0 Å². The molecule has 1 aliphatic rings. The molecule has 0 saturated carbocycles. The van der Waals surface area contributed by atoms with Gasteiger partial charge in [-0.15, -0.1) is 0 Å². The first-order valence-electron chi connectivity index (χ1n) is 6.03. The first-order valence-corrected chi connectivity index (χ1v) is 7.88. The van der Waals surface area contributed by atoms with Crippen molar-refractivity contribution in [3.05, 3.63) is 16.6 Å². The van der Waals surface area contributed by atoms with E-state index in [4.69, 9.17) is 0 Å². The van der Waals surface area contributed by atoms with Crippen molar-refractivity contribution in [3.63, 3.8) is 0 Å². The first-order chi connectivity index (χ1) is 8.79. The van der Waals surface area contributed by atoms with E-state index in [1.807, 2.05) is 12.7 Å². The van der Waals surface area contributed by atoms with Crippen LogP contribution in [0.4, 0.5) is 5.82 Å². The second-order valence-electron chi connectivity index (χ2n) is 4.77.